The van der Waals surface area contributed by atoms with E-state index in [1.807, 2.05) is 0 Å². The van der Waals surface area contributed by atoms with Gasteiger partial charge in [-0.3, -0.25) is 0 Å². The van der Waals surface area contributed by atoms with E-state index in [1.165, 1.54) is 0 Å². The average molecular weight is 196 g/mol. The molecule has 0 aromatic rings. The van der Waals surface area contributed by atoms with Crippen LogP contribution in [0.2, 0.25) is 0 Å². The van der Waals surface area contributed by atoms with E-state index < -0.39 is 10.1 Å². The van der Waals surface area contributed by atoms with Crippen LogP contribution in [0.25, 0.3) is 0 Å². The predicted octanol–water partition coefficient (Wildman–Crippen LogP) is -0.646. The second-order valence-electron chi connectivity index (χ2n) is 3.14. The Morgan fingerprint density at radius 3 is 2.25 bits per heavy atom. The van der Waals surface area contributed by atoms with E-state index in [0.717, 1.165) is 6.26 Å². The van der Waals surface area contributed by atoms with E-state index in [1.54, 1.807) is 7.05 Å². The van der Waals surface area contributed by atoms with E-state index in [-0.39, 0.29) is 4.65 Å². The van der Waals surface area contributed by atoms with Crippen LogP contribution in [0.4, 0.5) is 0 Å². The van der Waals surface area contributed by atoms with Gasteiger partial charge in [0.15, 0.2) is 0 Å². The summed E-state index contributed by atoms with van der Waals surface area (Å²) >= 11 is 0. The van der Waals surface area contributed by atoms with Crippen molar-refractivity contribution in [3.05, 3.63) is 0 Å². The van der Waals surface area contributed by atoms with Crippen molar-refractivity contribution < 1.29 is 22.1 Å². The topological polar surface area (TPSA) is 52.6 Å². The van der Waals surface area contributed by atoms with Gasteiger partial charge in [-0.1, -0.05) is 4.28 Å². The number of hydrogen-bond donors (Lipinski definition) is 0. The van der Waals surface area contributed by atoms with Gasteiger partial charge in [0.2, 0.25) is 0 Å². The van der Waals surface area contributed by atoms with Crippen molar-refractivity contribution in [2.24, 2.45) is 0 Å². The van der Waals surface area contributed by atoms with Crippen molar-refractivity contribution >= 4 is 10.1 Å². The number of hydroxylamine groups is 3. The highest BCUT2D eigenvalue weighted by molar-refractivity contribution is 7.85. The second kappa shape index (κ2) is 3.29. The van der Waals surface area contributed by atoms with E-state index in [9.17, 15) is 8.42 Å². The quantitative estimate of drug-likeness (QED) is 0.551. The Hall–Kier alpha value is -0.170. The van der Waals surface area contributed by atoms with Gasteiger partial charge in [-0.25, -0.2) is 0 Å². The number of likely N-dealkylation sites (N-methyl/N-ethyl adjacent to an activating group) is 1. The Balaban J connectivity index is 2.59. The molecule has 1 aliphatic rings. The lowest BCUT2D eigenvalue weighted by molar-refractivity contribution is -1.07. The van der Waals surface area contributed by atoms with Crippen molar-refractivity contribution in [2.45, 2.75) is 0 Å². The zero-order valence-electron chi connectivity index (χ0n) is 7.32. The minimum absolute atomic E-state index is 0.0961. The van der Waals surface area contributed by atoms with Gasteiger partial charge in [-0.15, -0.1) is 0 Å². The lowest BCUT2D eigenvalue weighted by Crippen LogP contribution is -2.52. The van der Waals surface area contributed by atoms with E-state index in [0.29, 0.717) is 26.3 Å². The number of quaternary nitrogens is 1. The van der Waals surface area contributed by atoms with Gasteiger partial charge in [0, 0.05) is 0 Å². The van der Waals surface area contributed by atoms with Crippen LogP contribution < -0.4 is 0 Å². The van der Waals surface area contributed by atoms with Gasteiger partial charge in [-0.05, 0) is 0 Å². The molecule has 0 aromatic carbocycles. The maximum atomic E-state index is 10.8. The van der Waals surface area contributed by atoms with Crippen LogP contribution in [0.3, 0.4) is 0 Å². The molecule has 0 aliphatic carbocycles. The Morgan fingerprint density at radius 1 is 1.33 bits per heavy atom. The number of morpholine rings is 1. The smallest absolute Gasteiger partial charge is 0.311 e. The van der Waals surface area contributed by atoms with Crippen LogP contribution in [0.1, 0.15) is 0 Å². The molecule has 0 spiro atoms. The largest absolute Gasteiger partial charge is 0.370 e. The molecular weight excluding hydrogens is 182 g/mol. The van der Waals surface area contributed by atoms with Crippen LogP contribution >= 0.6 is 0 Å². The van der Waals surface area contributed by atoms with Crippen LogP contribution in [-0.4, -0.2) is 52.7 Å². The van der Waals surface area contributed by atoms with Gasteiger partial charge in [0.1, 0.15) is 20.1 Å². The fraction of sp³-hybridized carbons (Fsp3) is 1.00. The zero-order chi connectivity index (χ0) is 9.24. The molecule has 0 N–H and O–H groups in total. The highest BCUT2D eigenvalue weighted by Crippen LogP contribution is 2.10. The Bertz CT molecular complexity index is 242. The Morgan fingerprint density at radius 2 is 1.83 bits per heavy atom. The van der Waals surface area contributed by atoms with Gasteiger partial charge in [-0.2, -0.15) is 13.1 Å². The third-order valence-corrected chi connectivity index (χ3v) is 2.36. The van der Waals surface area contributed by atoms with E-state index in [2.05, 4.69) is 0 Å². The summed E-state index contributed by atoms with van der Waals surface area (Å²) in [5.74, 6) is 0. The van der Waals surface area contributed by atoms with Crippen molar-refractivity contribution in [2.75, 3.05) is 39.6 Å². The van der Waals surface area contributed by atoms with Crippen LogP contribution in [0.5, 0.6) is 0 Å². The summed E-state index contributed by atoms with van der Waals surface area (Å²) in [7, 11) is -1.63. The van der Waals surface area contributed by atoms with Crippen LogP contribution in [0, 0.1) is 0 Å². The van der Waals surface area contributed by atoms with E-state index in [4.69, 9.17) is 9.02 Å². The minimum Gasteiger partial charge on any atom is -0.370 e. The van der Waals surface area contributed by atoms with Crippen molar-refractivity contribution in [3.63, 3.8) is 0 Å². The molecule has 1 aliphatic heterocycles. The maximum Gasteiger partial charge on any atom is 0.311 e. The molecule has 1 fully saturated rings. The van der Waals surface area contributed by atoms with Gasteiger partial charge in [0.05, 0.1) is 19.5 Å². The summed E-state index contributed by atoms with van der Waals surface area (Å²) in [4.78, 5) is 0. The molecule has 12 heavy (non-hydrogen) atoms. The Kier molecular flexibility index (Phi) is 2.72. The van der Waals surface area contributed by atoms with Crippen molar-refractivity contribution in [3.8, 4) is 0 Å². The normalized spacial score (nSPS) is 23.8. The second-order valence-corrected chi connectivity index (χ2v) is 4.69. The number of hydrogen-bond acceptors (Lipinski definition) is 4. The molecule has 72 valence electrons. The standard InChI is InChI=1S/C6H14NO4S/c1-7(11-12(2,8)9)3-5-10-6-4-7/h3-6H2,1-2H3/q+1. The number of rotatable bonds is 2. The fourth-order valence-corrected chi connectivity index (χ4v) is 1.93. The maximum absolute atomic E-state index is 10.8. The first-order chi connectivity index (χ1) is 5.41. The summed E-state index contributed by atoms with van der Waals surface area (Å²) in [5.41, 5.74) is 0. The summed E-state index contributed by atoms with van der Waals surface area (Å²) in [6.45, 7) is 2.25. The molecule has 1 heterocycles. The van der Waals surface area contributed by atoms with Crippen molar-refractivity contribution in [1.82, 2.24) is 0 Å². The van der Waals surface area contributed by atoms with E-state index >= 15 is 0 Å². The molecule has 0 atom stereocenters. The molecule has 1 saturated heterocycles. The molecular formula is C6H14NO4S+. The molecule has 0 saturated carbocycles. The third-order valence-electron chi connectivity index (χ3n) is 1.73. The molecule has 0 radical (unpaired) electrons. The average Bonchev–Trinajstić information content (AvgIpc) is 1.83. The molecule has 0 bridgehead atoms. The van der Waals surface area contributed by atoms with Crippen molar-refractivity contribution in [1.29, 1.82) is 0 Å². The lowest BCUT2D eigenvalue weighted by atomic mass is 10.4. The highest BCUT2D eigenvalue weighted by atomic mass is 32.2. The summed E-state index contributed by atoms with van der Waals surface area (Å²) in [5, 5.41) is 0. The zero-order valence-corrected chi connectivity index (χ0v) is 8.13. The fourth-order valence-electron chi connectivity index (χ4n) is 1.13. The van der Waals surface area contributed by atoms with Crippen LogP contribution in [0.15, 0.2) is 0 Å². The number of ether oxygens (including phenoxy) is 1. The molecule has 5 nitrogen and oxygen atoms in total. The summed E-state index contributed by atoms with van der Waals surface area (Å²) in [6, 6.07) is 0. The van der Waals surface area contributed by atoms with Gasteiger partial charge >= 0.3 is 10.1 Å². The van der Waals surface area contributed by atoms with Gasteiger partial charge in [0.25, 0.3) is 0 Å². The molecule has 0 amide bonds. The summed E-state index contributed by atoms with van der Waals surface area (Å²) in [6.07, 6.45) is 1.06. The summed E-state index contributed by atoms with van der Waals surface area (Å²) < 4.78 is 31.7. The SMILES string of the molecule is C[N+]1(OS(C)(=O)=O)CCOCC1. The van der Waals surface area contributed by atoms with Gasteiger partial charge < -0.3 is 4.74 Å². The lowest BCUT2D eigenvalue weighted by Gasteiger charge is -2.32. The monoisotopic (exact) mass is 196 g/mol. The predicted molar refractivity (Wildman–Crippen MR) is 42.7 cm³/mol. The Labute approximate surface area is 72.5 Å². The molecule has 0 aromatic heterocycles. The number of nitrogens with zero attached hydrogens (tertiary/aromatic N) is 1. The third kappa shape index (κ3) is 3.06. The minimum atomic E-state index is -3.37. The molecule has 6 heteroatoms. The molecule has 1 rings (SSSR count). The first-order valence-electron chi connectivity index (χ1n) is 3.75. The van der Waals surface area contributed by atoms with Crippen LogP contribution in [-0.2, 0) is 19.1 Å². The first kappa shape index (κ1) is 9.91. The molecule has 0 unspecified atom stereocenters. The first-order valence-corrected chi connectivity index (χ1v) is 5.56. The highest BCUT2D eigenvalue weighted by Gasteiger charge is 2.31.